The van der Waals surface area contributed by atoms with Crippen LogP contribution in [0.25, 0.3) is 0 Å². The fourth-order valence-electron chi connectivity index (χ4n) is 2.42. The number of hydrogen-bond donors (Lipinski definition) is 1. The normalized spacial score (nSPS) is 12.2. The average molecular weight is 375 g/mol. The van der Waals surface area contributed by atoms with Crippen molar-refractivity contribution in [2.24, 2.45) is 4.99 Å². The molecule has 0 aliphatic carbocycles. The van der Waals surface area contributed by atoms with Gasteiger partial charge in [0.25, 0.3) is 0 Å². The standard InChI is InChI=1S/C19H25N3O3S/c1-7-22-12(2)16(13(3)23)26-17(22)20-14-8-10-15(11-9-14)21-18(24)25-19(4,5)6/h8-11H,7H2,1-6H3,(H,21,24). The van der Waals surface area contributed by atoms with Crippen LogP contribution in [0.1, 0.15) is 50.0 Å². The molecule has 0 aliphatic heterocycles. The van der Waals surface area contributed by atoms with E-state index in [2.05, 4.69) is 10.3 Å². The first-order valence-electron chi connectivity index (χ1n) is 8.46. The van der Waals surface area contributed by atoms with Crippen LogP contribution >= 0.6 is 11.3 Å². The molecule has 26 heavy (non-hydrogen) atoms. The number of Topliss-reactive ketones (excluding diaryl/α,β-unsaturated/α-hetero) is 1. The lowest BCUT2D eigenvalue weighted by Gasteiger charge is -2.19. The van der Waals surface area contributed by atoms with Crippen molar-refractivity contribution in [1.82, 2.24) is 4.57 Å². The van der Waals surface area contributed by atoms with E-state index >= 15 is 0 Å². The summed E-state index contributed by atoms with van der Waals surface area (Å²) in [6.45, 7) is 11.7. The number of benzene rings is 1. The maximum Gasteiger partial charge on any atom is 0.412 e. The van der Waals surface area contributed by atoms with Crippen molar-refractivity contribution in [3.05, 3.63) is 39.6 Å². The second-order valence-corrected chi connectivity index (χ2v) is 7.86. The summed E-state index contributed by atoms with van der Waals surface area (Å²) in [6, 6.07) is 7.17. The highest BCUT2D eigenvalue weighted by molar-refractivity contribution is 7.11. The van der Waals surface area contributed by atoms with Crippen molar-refractivity contribution in [2.45, 2.75) is 53.7 Å². The van der Waals surface area contributed by atoms with Crippen molar-refractivity contribution >= 4 is 34.6 Å². The van der Waals surface area contributed by atoms with Crippen molar-refractivity contribution < 1.29 is 14.3 Å². The molecule has 140 valence electrons. The molecule has 0 spiro atoms. The van der Waals surface area contributed by atoms with E-state index < -0.39 is 11.7 Å². The summed E-state index contributed by atoms with van der Waals surface area (Å²) < 4.78 is 7.25. The van der Waals surface area contributed by atoms with Crippen LogP contribution in [-0.2, 0) is 11.3 Å². The number of ether oxygens (including phenoxy) is 1. The van der Waals surface area contributed by atoms with Gasteiger partial charge < -0.3 is 9.30 Å². The molecule has 0 unspecified atom stereocenters. The van der Waals surface area contributed by atoms with Crippen LogP contribution < -0.4 is 10.1 Å². The number of nitrogens with zero attached hydrogens (tertiary/aromatic N) is 2. The van der Waals surface area contributed by atoms with E-state index in [4.69, 9.17) is 4.74 Å². The van der Waals surface area contributed by atoms with Gasteiger partial charge >= 0.3 is 6.09 Å². The topological polar surface area (TPSA) is 72.7 Å². The molecule has 0 saturated carbocycles. The lowest BCUT2D eigenvalue weighted by atomic mass is 10.2. The smallest absolute Gasteiger partial charge is 0.412 e. The number of thiazole rings is 1. The van der Waals surface area contributed by atoms with E-state index in [1.807, 2.05) is 51.3 Å². The summed E-state index contributed by atoms with van der Waals surface area (Å²) in [7, 11) is 0. The first kappa shape index (κ1) is 19.9. The van der Waals surface area contributed by atoms with Gasteiger partial charge in [0.15, 0.2) is 10.6 Å². The Balaban J connectivity index is 2.24. The van der Waals surface area contributed by atoms with Crippen LogP contribution in [0.15, 0.2) is 29.3 Å². The maximum absolute atomic E-state index is 11.8. The fraction of sp³-hybridized carbons (Fsp3) is 0.421. The molecule has 0 aliphatic rings. The van der Waals surface area contributed by atoms with Gasteiger partial charge in [0.2, 0.25) is 0 Å². The zero-order valence-electron chi connectivity index (χ0n) is 16.0. The Kier molecular flexibility index (Phi) is 6.02. The molecule has 6 nitrogen and oxygen atoms in total. The molecular formula is C19H25N3O3S. The van der Waals surface area contributed by atoms with E-state index in [1.165, 1.54) is 11.3 Å². The number of ketones is 1. The van der Waals surface area contributed by atoms with Gasteiger partial charge in [-0.2, -0.15) is 0 Å². The van der Waals surface area contributed by atoms with Gasteiger partial charge in [-0.1, -0.05) is 11.3 Å². The number of nitrogens with one attached hydrogen (secondary N) is 1. The Morgan fingerprint density at radius 1 is 1.23 bits per heavy atom. The third kappa shape index (κ3) is 5.05. The molecule has 1 aromatic heterocycles. The second kappa shape index (κ2) is 7.86. The van der Waals surface area contributed by atoms with E-state index in [0.29, 0.717) is 5.69 Å². The summed E-state index contributed by atoms with van der Waals surface area (Å²) >= 11 is 1.39. The molecule has 0 bridgehead atoms. The monoisotopic (exact) mass is 375 g/mol. The molecule has 0 atom stereocenters. The third-order valence-corrected chi connectivity index (χ3v) is 4.81. The number of carbonyl (C=O) groups excluding carboxylic acids is 2. The molecule has 1 heterocycles. The zero-order valence-corrected chi connectivity index (χ0v) is 16.9. The number of amides is 1. The van der Waals surface area contributed by atoms with Crippen LogP contribution in [-0.4, -0.2) is 22.0 Å². The van der Waals surface area contributed by atoms with E-state index in [9.17, 15) is 9.59 Å². The second-order valence-electron chi connectivity index (χ2n) is 6.89. The molecule has 0 fully saturated rings. The number of hydrogen-bond acceptors (Lipinski definition) is 5. The number of anilines is 1. The predicted molar refractivity (Wildman–Crippen MR) is 104 cm³/mol. The van der Waals surface area contributed by atoms with Crippen LogP contribution in [0.4, 0.5) is 16.2 Å². The average Bonchev–Trinajstić information content (AvgIpc) is 2.83. The highest BCUT2D eigenvalue weighted by Gasteiger charge is 2.16. The molecule has 7 heteroatoms. The Bertz CT molecular complexity index is 871. The zero-order chi connectivity index (χ0) is 19.5. The van der Waals surface area contributed by atoms with Crippen molar-refractivity contribution in [2.75, 3.05) is 5.32 Å². The summed E-state index contributed by atoms with van der Waals surface area (Å²) in [6.07, 6.45) is -0.494. The summed E-state index contributed by atoms with van der Waals surface area (Å²) in [4.78, 5) is 29.7. The molecule has 1 N–H and O–H groups in total. The van der Waals surface area contributed by atoms with Crippen molar-refractivity contribution in [3.63, 3.8) is 0 Å². The number of aromatic nitrogens is 1. The van der Waals surface area contributed by atoms with Crippen molar-refractivity contribution in [3.8, 4) is 0 Å². The Morgan fingerprint density at radius 2 is 1.85 bits per heavy atom. The Labute approximate surface area is 157 Å². The van der Waals surface area contributed by atoms with E-state index in [0.717, 1.165) is 27.6 Å². The van der Waals surface area contributed by atoms with Crippen LogP contribution in [0.2, 0.25) is 0 Å². The van der Waals surface area contributed by atoms with Gasteiger partial charge in [0.05, 0.1) is 10.6 Å². The van der Waals surface area contributed by atoms with Gasteiger partial charge in [0, 0.05) is 24.8 Å². The highest BCUT2D eigenvalue weighted by Crippen LogP contribution is 2.19. The molecule has 0 saturated heterocycles. The van der Waals surface area contributed by atoms with E-state index in [-0.39, 0.29) is 5.78 Å². The van der Waals surface area contributed by atoms with Gasteiger partial charge in [-0.3, -0.25) is 10.1 Å². The van der Waals surface area contributed by atoms with Gasteiger partial charge in [-0.25, -0.2) is 9.79 Å². The molecule has 2 rings (SSSR count). The minimum atomic E-state index is -0.543. The van der Waals surface area contributed by atoms with E-state index in [1.54, 1.807) is 19.1 Å². The lowest BCUT2D eigenvalue weighted by molar-refractivity contribution is 0.0635. The Morgan fingerprint density at radius 3 is 2.35 bits per heavy atom. The molecule has 1 amide bonds. The Hall–Kier alpha value is -2.41. The maximum atomic E-state index is 11.8. The number of carbonyl (C=O) groups is 2. The lowest BCUT2D eigenvalue weighted by Crippen LogP contribution is -2.27. The minimum Gasteiger partial charge on any atom is -0.444 e. The summed E-state index contributed by atoms with van der Waals surface area (Å²) in [5.41, 5.74) is 1.78. The van der Waals surface area contributed by atoms with Crippen LogP contribution in [0.5, 0.6) is 0 Å². The van der Waals surface area contributed by atoms with Gasteiger partial charge in [0.1, 0.15) is 5.60 Å². The van der Waals surface area contributed by atoms with Crippen molar-refractivity contribution in [1.29, 1.82) is 0 Å². The molecular weight excluding hydrogens is 350 g/mol. The van der Waals surface area contributed by atoms with Gasteiger partial charge in [-0.05, 0) is 58.9 Å². The first-order chi connectivity index (χ1) is 12.1. The van der Waals surface area contributed by atoms with Gasteiger partial charge in [-0.15, -0.1) is 0 Å². The van der Waals surface area contributed by atoms with Crippen LogP contribution in [0.3, 0.4) is 0 Å². The summed E-state index contributed by atoms with van der Waals surface area (Å²) in [5, 5.41) is 2.69. The third-order valence-electron chi connectivity index (χ3n) is 3.53. The van der Waals surface area contributed by atoms with Crippen LogP contribution in [0, 0.1) is 6.92 Å². The molecule has 2 aromatic rings. The fourth-order valence-corrected chi connectivity index (χ4v) is 3.53. The molecule has 1 aromatic carbocycles. The first-order valence-corrected chi connectivity index (χ1v) is 9.28. The number of rotatable bonds is 4. The highest BCUT2D eigenvalue weighted by atomic mass is 32.1. The summed E-state index contributed by atoms with van der Waals surface area (Å²) in [5.74, 6) is 0.0491. The molecule has 0 radical (unpaired) electrons. The SMILES string of the molecule is CCn1c(C)c(C(C)=O)sc1=Nc1ccc(NC(=O)OC(C)(C)C)cc1. The minimum absolute atomic E-state index is 0.0491. The quantitative estimate of drug-likeness (QED) is 0.790. The largest absolute Gasteiger partial charge is 0.444 e. The predicted octanol–water partition coefficient (Wildman–Crippen LogP) is 4.66.